The summed E-state index contributed by atoms with van der Waals surface area (Å²) in [5.41, 5.74) is 0. The van der Waals surface area contributed by atoms with Crippen molar-refractivity contribution in [2.45, 2.75) is 242 Å². The second-order valence-corrected chi connectivity index (χ2v) is 20.2. The van der Waals surface area contributed by atoms with Gasteiger partial charge in [0.05, 0.1) is 0 Å². The Morgan fingerprint density at radius 1 is 0.229 bits per heavy atom. The van der Waals surface area contributed by atoms with Gasteiger partial charge in [-0.2, -0.15) is 0 Å². The molecule has 9 saturated carbocycles. The fraction of sp³-hybridized carbons (Fsp3) is 1.00. The van der Waals surface area contributed by atoms with Crippen molar-refractivity contribution in [2.24, 2.45) is 47.3 Å². The number of hydrogen-bond acceptors (Lipinski definition) is 2. The first-order valence-corrected chi connectivity index (χ1v) is 23.4. The molecule has 0 radical (unpaired) electrons. The Morgan fingerprint density at radius 3 is 1.15 bits per heavy atom. The van der Waals surface area contributed by atoms with Gasteiger partial charge in [-0.25, -0.2) is 0 Å². The summed E-state index contributed by atoms with van der Waals surface area (Å²) >= 11 is 0. The molecule has 2 nitrogen and oxygen atoms in total. The Balaban J connectivity index is 1.15. The molecular weight excluding hydrogens is 581 g/mol. The lowest BCUT2D eigenvalue weighted by Crippen LogP contribution is -2.68. The van der Waals surface area contributed by atoms with Crippen molar-refractivity contribution in [3.63, 3.8) is 0 Å². The topological polar surface area (TPSA) is 6.48 Å². The second-order valence-electron chi connectivity index (χ2n) is 20.2. The molecule has 0 aromatic rings. The van der Waals surface area contributed by atoms with Gasteiger partial charge in [-0.3, -0.25) is 9.80 Å². The maximum Gasteiger partial charge on any atom is 0.0164 e. The molecule has 0 bridgehead atoms. The summed E-state index contributed by atoms with van der Waals surface area (Å²) in [5, 5.41) is 0. The van der Waals surface area contributed by atoms with Crippen LogP contribution in [0.4, 0.5) is 0 Å². The molecule has 48 heavy (non-hydrogen) atoms. The Labute approximate surface area is 298 Å². The zero-order valence-electron chi connectivity index (χ0n) is 31.6. The van der Waals surface area contributed by atoms with Crippen molar-refractivity contribution in [3.8, 4) is 0 Å². The molecule has 9 aliphatic carbocycles. The van der Waals surface area contributed by atoms with Gasteiger partial charge in [-0.05, 0) is 137 Å². The summed E-state index contributed by atoms with van der Waals surface area (Å²) in [7, 11) is 0. The Morgan fingerprint density at radius 2 is 0.625 bits per heavy atom. The van der Waals surface area contributed by atoms with Crippen LogP contribution in [0.2, 0.25) is 0 Å². The monoisotopic (exact) mass is 659 g/mol. The highest BCUT2D eigenvalue weighted by Gasteiger charge is 2.60. The van der Waals surface area contributed by atoms with Crippen LogP contribution in [0, 0.1) is 47.3 Å². The molecule has 0 aromatic carbocycles. The minimum Gasteiger partial charge on any atom is -0.294 e. The van der Waals surface area contributed by atoms with E-state index in [2.05, 4.69) is 9.80 Å². The molecule has 0 heterocycles. The maximum atomic E-state index is 3.52. The van der Waals surface area contributed by atoms with Crippen LogP contribution in [0.1, 0.15) is 205 Å². The van der Waals surface area contributed by atoms with Crippen molar-refractivity contribution in [1.29, 1.82) is 0 Å². The van der Waals surface area contributed by atoms with Crippen molar-refractivity contribution in [3.05, 3.63) is 0 Å². The number of fused-ring (bicyclic) bond motifs is 5. The molecule has 0 spiro atoms. The van der Waals surface area contributed by atoms with Crippen LogP contribution in [0.3, 0.4) is 0 Å². The first-order chi connectivity index (χ1) is 23.8. The van der Waals surface area contributed by atoms with E-state index in [4.69, 9.17) is 0 Å². The molecule has 0 aromatic heterocycles. The van der Waals surface area contributed by atoms with Gasteiger partial charge in [0.1, 0.15) is 0 Å². The van der Waals surface area contributed by atoms with Gasteiger partial charge in [0, 0.05) is 36.3 Å². The Kier molecular flexibility index (Phi) is 10.9. The van der Waals surface area contributed by atoms with Gasteiger partial charge < -0.3 is 0 Å². The van der Waals surface area contributed by atoms with Gasteiger partial charge in [0.2, 0.25) is 0 Å². The fourth-order valence-corrected chi connectivity index (χ4v) is 16.3. The smallest absolute Gasteiger partial charge is 0.0164 e. The zero-order chi connectivity index (χ0) is 31.9. The van der Waals surface area contributed by atoms with E-state index in [0.29, 0.717) is 0 Å². The van der Waals surface area contributed by atoms with Crippen LogP contribution < -0.4 is 0 Å². The van der Waals surface area contributed by atoms with E-state index in [1.54, 1.807) is 103 Å². The van der Waals surface area contributed by atoms with E-state index in [1.807, 2.05) is 0 Å². The Bertz CT molecular complexity index is 964. The maximum absolute atomic E-state index is 3.52. The summed E-state index contributed by atoms with van der Waals surface area (Å²) in [6.45, 7) is 0. The zero-order valence-corrected chi connectivity index (χ0v) is 31.6. The fourth-order valence-electron chi connectivity index (χ4n) is 16.3. The van der Waals surface area contributed by atoms with E-state index in [1.165, 1.54) is 103 Å². The van der Waals surface area contributed by atoms with Crippen LogP contribution >= 0.6 is 0 Å². The molecule has 0 N–H and O–H groups in total. The molecule has 0 amide bonds. The predicted molar refractivity (Wildman–Crippen MR) is 202 cm³/mol. The lowest BCUT2D eigenvalue weighted by Gasteiger charge is -2.66. The molecule has 9 rings (SSSR count). The lowest BCUT2D eigenvalue weighted by molar-refractivity contribution is -0.167. The molecule has 10 atom stereocenters. The highest BCUT2D eigenvalue weighted by molar-refractivity contribution is 5.12. The van der Waals surface area contributed by atoms with Crippen molar-refractivity contribution in [2.75, 3.05) is 0 Å². The van der Waals surface area contributed by atoms with Crippen LogP contribution in [-0.4, -0.2) is 46.1 Å². The summed E-state index contributed by atoms with van der Waals surface area (Å²) < 4.78 is 0. The second kappa shape index (κ2) is 15.5. The van der Waals surface area contributed by atoms with Crippen LogP contribution in [0.5, 0.6) is 0 Å². The highest BCUT2D eigenvalue weighted by Crippen LogP contribution is 2.62. The summed E-state index contributed by atoms with van der Waals surface area (Å²) in [5.74, 6) is 8.37. The largest absolute Gasteiger partial charge is 0.294 e. The molecule has 10 unspecified atom stereocenters. The average Bonchev–Trinajstić information content (AvgIpc) is 3.16. The minimum atomic E-state index is 0.922. The van der Waals surface area contributed by atoms with E-state index >= 15 is 0 Å². The van der Waals surface area contributed by atoms with Gasteiger partial charge >= 0.3 is 0 Å². The van der Waals surface area contributed by atoms with Gasteiger partial charge in [-0.15, -0.1) is 0 Å². The average molecular weight is 659 g/mol. The molecule has 0 saturated heterocycles. The van der Waals surface area contributed by atoms with E-state index in [9.17, 15) is 0 Å². The predicted octanol–water partition coefficient (Wildman–Crippen LogP) is 12.3. The van der Waals surface area contributed by atoms with Crippen LogP contribution in [-0.2, 0) is 0 Å². The van der Waals surface area contributed by atoms with E-state index < -0.39 is 0 Å². The van der Waals surface area contributed by atoms with Crippen LogP contribution in [0.25, 0.3) is 0 Å². The third-order valence-electron chi connectivity index (χ3n) is 18.0. The molecule has 272 valence electrons. The molecule has 9 aliphatic rings. The van der Waals surface area contributed by atoms with Crippen molar-refractivity contribution >= 4 is 0 Å². The van der Waals surface area contributed by atoms with Gasteiger partial charge in [0.15, 0.2) is 0 Å². The third-order valence-corrected chi connectivity index (χ3v) is 18.0. The first kappa shape index (κ1) is 33.7. The van der Waals surface area contributed by atoms with Gasteiger partial charge in [0.25, 0.3) is 0 Å². The lowest BCUT2D eigenvalue weighted by atomic mass is 9.47. The van der Waals surface area contributed by atoms with Crippen LogP contribution in [0.15, 0.2) is 0 Å². The Hall–Kier alpha value is -0.0800. The standard InChI is InChI=1S/C46H78N2/c1-5-19-35(20-6-1)47(36-21-7-2-8-22-36)45-40-28-16-14-18-34(40)31-43-44(45)32-42-39-27-15-13-17-33(39)29-30-41(42)46(43)48(37-23-9-3-10-24-37)38-25-11-4-12-26-38/h33-46H,1-32H2. The van der Waals surface area contributed by atoms with Crippen molar-refractivity contribution in [1.82, 2.24) is 9.80 Å². The molecule has 2 heteroatoms. The van der Waals surface area contributed by atoms with Gasteiger partial charge in [-0.1, -0.05) is 116 Å². The third kappa shape index (κ3) is 6.55. The highest BCUT2D eigenvalue weighted by atomic mass is 15.3. The number of rotatable bonds is 6. The molecule has 0 aliphatic heterocycles. The minimum absolute atomic E-state index is 0.922. The number of nitrogens with zero attached hydrogens (tertiary/aromatic N) is 2. The SMILES string of the molecule is C1CCC(N(C2CCCCC2)C2C3CCCCC3CC3C2CC2C4CCCCC4CCC2C3N(C2CCCCC2)C2CCCCC2)CC1. The first-order valence-electron chi connectivity index (χ1n) is 23.4. The summed E-state index contributed by atoms with van der Waals surface area (Å²) in [6.07, 6.45) is 49.7. The molecule has 9 fully saturated rings. The normalized spacial score (nSPS) is 44.1. The molecular formula is C46H78N2. The number of hydrogen-bond donors (Lipinski definition) is 0. The summed E-state index contributed by atoms with van der Waals surface area (Å²) in [6, 6.07) is 5.56. The summed E-state index contributed by atoms with van der Waals surface area (Å²) in [4.78, 5) is 7.02. The van der Waals surface area contributed by atoms with Crippen molar-refractivity contribution < 1.29 is 0 Å². The van der Waals surface area contributed by atoms with E-state index in [0.717, 1.165) is 83.6 Å². The quantitative estimate of drug-likeness (QED) is 0.280. The van der Waals surface area contributed by atoms with E-state index in [-0.39, 0.29) is 0 Å².